The second-order valence-corrected chi connectivity index (χ2v) is 6.86. The van der Waals surface area contributed by atoms with Gasteiger partial charge in [-0.15, -0.1) is 0 Å². The third-order valence-corrected chi connectivity index (χ3v) is 5.03. The predicted molar refractivity (Wildman–Crippen MR) is 110 cm³/mol. The maximum absolute atomic E-state index is 12.8. The van der Waals surface area contributed by atoms with Crippen LogP contribution in [0.3, 0.4) is 0 Å². The van der Waals surface area contributed by atoms with Gasteiger partial charge in [0.25, 0.3) is 5.91 Å². The van der Waals surface area contributed by atoms with Crippen molar-refractivity contribution in [3.8, 4) is 11.3 Å². The highest BCUT2D eigenvalue weighted by Gasteiger charge is 2.16. The molecule has 0 fully saturated rings. The molecule has 1 atom stereocenters. The standard InChI is InChI=1S/C21H26N6O/c1-6-26(4)20-11-19(22-13-23-20)16-8-7-9-17(10-16)21(28)25-14(2)18-12-24-27(5)15(18)3/h7-14H,6H2,1-5H3,(H,25,28)/t14-/m0/s1. The largest absolute Gasteiger partial charge is 0.360 e. The quantitative estimate of drug-likeness (QED) is 0.713. The number of anilines is 1. The second kappa shape index (κ2) is 8.21. The highest BCUT2D eigenvalue weighted by molar-refractivity contribution is 5.95. The third-order valence-electron chi connectivity index (χ3n) is 5.03. The molecule has 0 aliphatic heterocycles. The number of amides is 1. The Morgan fingerprint density at radius 3 is 2.75 bits per heavy atom. The van der Waals surface area contributed by atoms with Gasteiger partial charge in [0.05, 0.1) is 17.9 Å². The zero-order chi connectivity index (χ0) is 20.3. The Morgan fingerprint density at radius 2 is 2.07 bits per heavy atom. The number of benzene rings is 1. The lowest BCUT2D eigenvalue weighted by Crippen LogP contribution is -2.27. The van der Waals surface area contributed by atoms with E-state index in [0.29, 0.717) is 5.56 Å². The summed E-state index contributed by atoms with van der Waals surface area (Å²) in [4.78, 5) is 23.5. The van der Waals surface area contributed by atoms with Gasteiger partial charge in [-0.2, -0.15) is 5.10 Å². The highest BCUT2D eigenvalue weighted by atomic mass is 16.1. The Morgan fingerprint density at radius 1 is 1.29 bits per heavy atom. The van der Waals surface area contributed by atoms with E-state index in [-0.39, 0.29) is 11.9 Å². The molecule has 0 bridgehead atoms. The second-order valence-electron chi connectivity index (χ2n) is 6.86. The fourth-order valence-electron chi connectivity index (χ4n) is 2.99. The van der Waals surface area contributed by atoms with Gasteiger partial charge < -0.3 is 10.2 Å². The summed E-state index contributed by atoms with van der Waals surface area (Å²) in [5.41, 5.74) is 4.31. The monoisotopic (exact) mass is 378 g/mol. The molecule has 1 N–H and O–H groups in total. The van der Waals surface area contributed by atoms with Gasteiger partial charge in [0.2, 0.25) is 0 Å². The minimum Gasteiger partial charge on any atom is -0.360 e. The fraction of sp³-hybridized carbons (Fsp3) is 0.333. The minimum absolute atomic E-state index is 0.127. The van der Waals surface area contributed by atoms with Crippen LogP contribution in [0.15, 0.2) is 42.9 Å². The van der Waals surface area contributed by atoms with Crippen molar-refractivity contribution >= 4 is 11.7 Å². The zero-order valence-corrected chi connectivity index (χ0v) is 17.0. The molecular formula is C21H26N6O. The Balaban J connectivity index is 1.81. The number of carbonyl (C=O) groups is 1. The van der Waals surface area contributed by atoms with Crippen molar-refractivity contribution in [2.45, 2.75) is 26.8 Å². The molecule has 0 saturated carbocycles. The summed E-state index contributed by atoms with van der Waals surface area (Å²) < 4.78 is 1.80. The molecule has 146 valence electrons. The van der Waals surface area contributed by atoms with E-state index in [1.807, 2.05) is 63.2 Å². The van der Waals surface area contributed by atoms with Gasteiger partial charge in [-0.25, -0.2) is 9.97 Å². The van der Waals surface area contributed by atoms with Gasteiger partial charge >= 0.3 is 0 Å². The van der Waals surface area contributed by atoms with Crippen LogP contribution in [0.5, 0.6) is 0 Å². The first kappa shape index (κ1) is 19.5. The number of aryl methyl sites for hydroxylation is 1. The molecule has 2 heterocycles. The molecule has 0 radical (unpaired) electrons. The zero-order valence-electron chi connectivity index (χ0n) is 17.0. The van der Waals surface area contributed by atoms with Crippen LogP contribution in [0.1, 0.15) is 41.5 Å². The Labute approximate surface area is 165 Å². The van der Waals surface area contributed by atoms with Crippen molar-refractivity contribution < 1.29 is 4.79 Å². The maximum Gasteiger partial charge on any atom is 0.251 e. The summed E-state index contributed by atoms with van der Waals surface area (Å²) in [5.74, 6) is 0.723. The molecule has 1 amide bonds. The Bertz CT molecular complexity index is 981. The van der Waals surface area contributed by atoms with Gasteiger partial charge in [-0.3, -0.25) is 9.48 Å². The first-order valence-electron chi connectivity index (χ1n) is 9.33. The molecule has 0 aliphatic carbocycles. The molecule has 7 heteroatoms. The lowest BCUT2D eigenvalue weighted by molar-refractivity contribution is 0.0940. The van der Waals surface area contributed by atoms with Crippen molar-refractivity contribution in [2.75, 3.05) is 18.5 Å². The minimum atomic E-state index is -0.131. The van der Waals surface area contributed by atoms with E-state index in [9.17, 15) is 4.79 Å². The molecule has 0 aliphatic rings. The number of carbonyl (C=O) groups excluding carboxylic acids is 1. The van der Waals surface area contributed by atoms with E-state index in [1.165, 1.54) is 0 Å². The van der Waals surface area contributed by atoms with Crippen LogP contribution in [0.25, 0.3) is 11.3 Å². The SMILES string of the molecule is CCN(C)c1cc(-c2cccc(C(=O)N[C@@H](C)c3cnn(C)c3C)c2)ncn1. The van der Waals surface area contributed by atoms with Crippen molar-refractivity contribution in [3.63, 3.8) is 0 Å². The lowest BCUT2D eigenvalue weighted by Gasteiger charge is -2.16. The summed E-state index contributed by atoms with van der Waals surface area (Å²) in [6.07, 6.45) is 3.35. The first-order chi connectivity index (χ1) is 13.4. The van der Waals surface area contributed by atoms with Crippen molar-refractivity contribution in [3.05, 3.63) is 59.7 Å². The number of nitrogens with one attached hydrogen (secondary N) is 1. The van der Waals surface area contributed by atoms with E-state index in [0.717, 1.165) is 34.9 Å². The van der Waals surface area contributed by atoms with E-state index >= 15 is 0 Å². The number of rotatable bonds is 6. The number of hydrogen-bond acceptors (Lipinski definition) is 5. The highest BCUT2D eigenvalue weighted by Crippen LogP contribution is 2.22. The van der Waals surface area contributed by atoms with E-state index in [1.54, 1.807) is 17.2 Å². The fourth-order valence-corrected chi connectivity index (χ4v) is 2.99. The molecule has 1 aromatic carbocycles. The van der Waals surface area contributed by atoms with Crippen LogP contribution in [-0.4, -0.2) is 39.2 Å². The van der Waals surface area contributed by atoms with Gasteiger partial charge in [0.15, 0.2) is 0 Å². The summed E-state index contributed by atoms with van der Waals surface area (Å²) in [7, 11) is 3.88. The normalized spacial score (nSPS) is 11.9. The van der Waals surface area contributed by atoms with Gasteiger partial charge in [0, 0.05) is 49.1 Å². The number of hydrogen-bond donors (Lipinski definition) is 1. The molecular weight excluding hydrogens is 352 g/mol. The van der Waals surface area contributed by atoms with Crippen LogP contribution in [0.4, 0.5) is 5.82 Å². The van der Waals surface area contributed by atoms with E-state index < -0.39 is 0 Å². The summed E-state index contributed by atoms with van der Waals surface area (Å²) >= 11 is 0. The third kappa shape index (κ3) is 4.03. The Kier molecular flexibility index (Phi) is 5.73. The van der Waals surface area contributed by atoms with Crippen LogP contribution in [0.2, 0.25) is 0 Å². The van der Waals surface area contributed by atoms with Crippen LogP contribution < -0.4 is 10.2 Å². The van der Waals surface area contributed by atoms with Gasteiger partial charge in [0.1, 0.15) is 12.1 Å². The maximum atomic E-state index is 12.8. The van der Waals surface area contributed by atoms with Crippen molar-refractivity contribution in [1.29, 1.82) is 0 Å². The summed E-state index contributed by atoms with van der Waals surface area (Å²) in [6.45, 7) is 6.87. The molecule has 0 saturated heterocycles. The van der Waals surface area contributed by atoms with Crippen LogP contribution in [0, 0.1) is 6.92 Å². The summed E-state index contributed by atoms with van der Waals surface area (Å²) in [6, 6.07) is 9.29. The molecule has 3 aromatic rings. The lowest BCUT2D eigenvalue weighted by atomic mass is 10.1. The van der Waals surface area contributed by atoms with Crippen molar-refractivity contribution in [1.82, 2.24) is 25.1 Å². The topological polar surface area (TPSA) is 75.9 Å². The van der Waals surface area contributed by atoms with Gasteiger partial charge in [-0.1, -0.05) is 12.1 Å². The average Bonchev–Trinajstić information content (AvgIpc) is 3.06. The van der Waals surface area contributed by atoms with Crippen LogP contribution >= 0.6 is 0 Å². The summed E-state index contributed by atoms with van der Waals surface area (Å²) in [5, 5.41) is 7.30. The molecule has 3 rings (SSSR count). The molecule has 7 nitrogen and oxygen atoms in total. The molecule has 0 unspecified atom stereocenters. The van der Waals surface area contributed by atoms with Gasteiger partial charge in [-0.05, 0) is 32.9 Å². The predicted octanol–water partition coefficient (Wildman–Crippen LogP) is 3.13. The molecule has 28 heavy (non-hydrogen) atoms. The number of nitrogens with zero attached hydrogens (tertiary/aromatic N) is 5. The van der Waals surface area contributed by atoms with Crippen molar-refractivity contribution in [2.24, 2.45) is 7.05 Å². The number of aromatic nitrogens is 4. The molecule has 0 spiro atoms. The Hall–Kier alpha value is -3.22. The smallest absolute Gasteiger partial charge is 0.251 e. The first-order valence-corrected chi connectivity index (χ1v) is 9.33. The van der Waals surface area contributed by atoms with E-state index in [4.69, 9.17) is 0 Å². The van der Waals surface area contributed by atoms with E-state index in [2.05, 4.69) is 27.3 Å². The average molecular weight is 378 g/mol. The molecule has 2 aromatic heterocycles. The van der Waals surface area contributed by atoms with Crippen LogP contribution in [-0.2, 0) is 7.05 Å².